The van der Waals surface area contributed by atoms with Gasteiger partial charge in [-0.2, -0.15) is 0 Å². The number of rotatable bonds is 3. The van der Waals surface area contributed by atoms with Crippen LogP contribution >= 0.6 is 15.9 Å². The summed E-state index contributed by atoms with van der Waals surface area (Å²) in [5, 5.41) is 2.89. The van der Waals surface area contributed by atoms with Crippen molar-refractivity contribution >= 4 is 27.5 Å². The van der Waals surface area contributed by atoms with Gasteiger partial charge in [0.1, 0.15) is 5.41 Å². The maximum atomic E-state index is 12.6. The number of halogens is 1. The monoisotopic (exact) mass is 347 g/mol. The van der Waals surface area contributed by atoms with Crippen molar-refractivity contribution in [2.45, 2.75) is 12.3 Å². The molecule has 2 aromatic rings. The summed E-state index contributed by atoms with van der Waals surface area (Å²) >= 11 is 3.35. The molecule has 1 saturated heterocycles. The molecule has 0 atom stereocenters. The first-order chi connectivity index (χ1) is 10.1. The van der Waals surface area contributed by atoms with Crippen LogP contribution in [0.4, 0.5) is 5.69 Å². The molecular formula is C15H14BrN3O2. The van der Waals surface area contributed by atoms with Gasteiger partial charge in [-0.3, -0.25) is 14.8 Å². The van der Waals surface area contributed by atoms with E-state index in [4.69, 9.17) is 4.74 Å². The first-order valence-corrected chi connectivity index (χ1v) is 7.33. The molecule has 1 N–H and O–H groups in total. The van der Waals surface area contributed by atoms with Crippen LogP contribution < -0.4 is 5.32 Å². The van der Waals surface area contributed by atoms with Crippen molar-refractivity contribution < 1.29 is 9.53 Å². The second-order valence-electron chi connectivity index (χ2n) is 5.08. The van der Waals surface area contributed by atoms with Crippen molar-refractivity contribution in [2.24, 2.45) is 0 Å². The average molecular weight is 348 g/mol. The molecule has 21 heavy (non-hydrogen) atoms. The molecule has 2 aromatic heterocycles. The van der Waals surface area contributed by atoms with Crippen molar-refractivity contribution in [3.05, 3.63) is 52.5 Å². The Morgan fingerprint density at radius 3 is 2.57 bits per heavy atom. The van der Waals surface area contributed by atoms with Crippen molar-refractivity contribution in [1.82, 2.24) is 9.97 Å². The highest BCUT2D eigenvalue weighted by atomic mass is 79.9. The maximum absolute atomic E-state index is 12.6. The number of carbonyl (C=O) groups is 1. The van der Waals surface area contributed by atoms with Gasteiger partial charge in [0.15, 0.2) is 0 Å². The zero-order valence-corrected chi connectivity index (χ0v) is 13.1. The van der Waals surface area contributed by atoms with E-state index in [9.17, 15) is 4.79 Å². The van der Waals surface area contributed by atoms with E-state index in [0.29, 0.717) is 18.9 Å². The Balaban J connectivity index is 1.83. The highest BCUT2D eigenvalue weighted by molar-refractivity contribution is 9.10. The highest BCUT2D eigenvalue weighted by Gasteiger charge is 2.48. The van der Waals surface area contributed by atoms with Gasteiger partial charge >= 0.3 is 0 Å². The molecule has 3 heterocycles. The van der Waals surface area contributed by atoms with Crippen LogP contribution in [0, 0.1) is 6.92 Å². The molecule has 1 amide bonds. The Labute approximate surface area is 130 Å². The maximum Gasteiger partial charge on any atom is 0.241 e. The van der Waals surface area contributed by atoms with Crippen molar-refractivity contribution in [3.8, 4) is 0 Å². The van der Waals surface area contributed by atoms with Gasteiger partial charge in [0, 0.05) is 16.4 Å². The van der Waals surface area contributed by atoms with Gasteiger partial charge in [0.25, 0.3) is 0 Å². The second-order valence-corrected chi connectivity index (χ2v) is 5.99. The van der Waals surface area contributed by atoms with Gasteiger partial charge < -0.3 is 10.1 Å². The van der Waals surface area contributed by atoms with Gasteiger partial charge in [0.2, 0.25) is 5.91 Å². The van der Waals surface area contributed by atoms with E-state index in [1.165, 1.54) is 0 Å². The number of aryl methyl sites for hydroxylation is 1. The fraction of sp³-hybridized carbons (Fsp3) is 0.267. The molecule has 1 aliphatic rings. The predicted octanol–water partition coefficient (Wildman–Crippen LogP) is 2.45. The van der Waals surface area contributed by atoms with E-state index >= 15 is 0 Å². The molecule has 5 nitrogen and oxygen atoms in total. The molecule has 0 saturated carbocycles. The van der Waals surface area contributed by atoms with Gasteiger partial charge in [0.05, 0.1) is 30.8 Å². The normalized spacial score (nSPS) is 16.1. The summed E-state index contributed by atoms with van der Waals surface area (Å²) in [6, 6.07) is 7.42. The molecule has 6 heteroatoms. The number of carbonyl (C=O) groups excluding carboxylic acids is 1. The predicted molar refractivity (Wildman–Crippen MR) is 82.0 cm³/mol. The summed E-state index contributed by atoms with van der Waals surface area (Å²) in [6.45, 7) is 2.58. The molecule has 0 bridgehead atoms. The van der Waals surface area contributed by atoms with E-state index in [0.717, 1.165) is 15.9 Å². The Bertz CT molecular complexity index is 652. The molecule has 1 fully saturated rings. The molecule has 0 spiro atoms. The Kier molecular flexibility index (Phi) is 3.73. The lowest BCUT2D eigenvalue weighted by Gasteiger charge is -2.39. The zero-order chi connectivity index (χ0) is 14.9. The minimum Gasteiger partial charge on any atom is -0.378 e. The summed E-state index contributed by atoms with van der Waals surface area (Å²) in [4.78, 5) is 21.1. The van der Waals surface area contributed by atoms with E-state index < -0.39 is 5.41 Å². The zero-order valence-electron chi connectivity index (χ0n) is 11.5. The summed E-state index contributed by atoms with van der Waals surface area (Å²) in [6.07, 6.45) is 3.34. The van der Waals surface area contributed by atoms with Crippen LogP contribution in [-0.4, -0.2) is 29.1 Å². The summed E-state index contributed by atoms with van der Waals surface area (Å²) in [5.74, 6) is -0.116. The third-order valence-corrected chi connectivity index (χ3v) is 3.99. The first-order valence-electron chi connectivity index (χ1n) is 6.54. The van der Waals surface area contributed by atoms with Crippen LogP contribution in [0.1, 0.15) is 11.4 Å². The van der Waals surface area contributed by atoms with Crippen molar-refractivity contribution in [1.29, 1.82) is 0 Å². The topological polar surface area (TPSA) is 64.1 Å². The van der Waals surface area contributed by atoms with Gasteiger partial charge in [-0.05, 0) is 47.1 Å². The van der Waals surface area contributed by atoms with Crippen LogP contribution in [0.2, 0.25) is 0 Å². The van der Waals surface area contributed by atoms with Crippen LogP contribution in [-0.2, 0) is 14.9 Å². The Morgan fingerprint density at radius 1 is 1.24 bits per heavy atom. The molecule has 0 unspecified atom stereocenters. The number of hydrogen-bond acceptors (Lipinski definition) is 4. The number of pyridine rings is 2. The number of aromatic nitrogens is 2. The Morgan fingerprint density at radius 2 is 2.05 bits per heavy atom. The van der Waals surface area contributed by atoms with Gasteiger partial charge in [-0.25, -0.2) is 0 Å². The van der Waals surface area contributed by atoms with E-state index in [1.54, 1.807) is 12.4 Å². The standard InChI is InChI=1S/C15H14BrN3O2/c1-10-2-4-12(7-17-10)19-14(20)15(8-21-9-15)13-5-3-11(16)6-18-13/h2-7H,8-9H2,1H3,(H,19,20). The number of anilines is 1. The molecule has 0 aliphatic carbocycles. The summed E-state index contributed by atoms with van der Waals surface area (Å²) < 4.78 is 6.15. The molecular weight excluding hydrogens is 334 g/mol. The minimum atomic E-state index is -0.717. The van der Waals surface area contributed by atoms with Crippen molar-refractivity contribution in [2.75, 3.05) is 18.5 Å². The fourth-order valence-corrected chi connectivity index (χ4v) is 2.39. The molecule has 0 radical (unpaired) electrons. The number of hydrogen-bond donors (Lipinski definition) is 1. The third kappa shape index (κ3) is 2.69. The number of ether oxygens (including phenoxy) is 1. The molecule has 3 rings (SSSR count). The number of nitrogens with zero attached hydrogens (tertiary/aromatic N) is 2. The minimum absolute atomic E-state index is 0.116. The van der Waals surface area contributed by atoms with Crippen LogP contribution in [0.25, 0.3) is 0 Å². The van der Waals surface area contributed by atoms with Crippen LogP contribution in [0.15, 0.2) is 41.1 Å². The third-order valence-electron chi connectivity index (χ3n) is 3.52. The smallest absolute Gasteiger partial charge is 0.241 e. The largest absolute Gasteiger partial charge is 0.378 e. The average Bonchev–Trinajstić information content (AvgIpc) is 2.42. The van der Waals surface area contributed by atoms with E-state index in [2.05, 4.69) is 31.2 Å². The van der Waals surface area contributed by atoms with E-state index in [1.807, 2.05) is 31.2 Å². The van der Waals surface area contributed by atoms with Gasteiger partial charge in [-0.1, -0.05) is 0 Å². The quantitative estimate of drug-likeness (QED) is 0.926. The number of nitrogens with one attached hydrogen (secondary N) is 1. The molecule has 108 valence electrons. The summed E-state index contributed by atoms with van der Waals surface area (Å²) in [5.41, 5.74) is 1.58. The summed E-state index contributed by atoms with van der Waals surface area (Å²) in [7, 11) is 0. The lowest BCUT2D eigenvalue weighted by atomic mass is 9.81. The van der Waals surface area contributed by atoms with Crippen LogP contribution in [0.5, 0.6) is 0 Å². The van der Waals surface area contributed by atoms with Gasteiger partial charge in [-0.15, -0.1) is 0 Å². The fourth-order valence-electron chi connectivity index (χ4n) is 2.15. The SMILES string of the molecule is Cc1ccc(NC(=O)C2(c3ccc(Br)cn3)COC2)cn1. The van der Waals surface area contributed by atoms with E-state index in [-0.39, 0.29) is 5.91 Å². The lowest BCUT2D eigenvalue weighted by Crippen LogP contribution is -2.56. The highest BCUT2D eigenvalue weighted by Crippen LogP contribution is 2.33. The molecule has 0 aromatic carbocycles. The first kappa shape index (κ1) is 14.2. The number of amides is 1. The van der Waals surface area contributed by atoms with Crippen LogP contribution in [0.3, 0.4) is 0 Å². The molecule has 1 aliphatic heterocycles. The lowest BCUT2D eigenvalue weighted by molar-refractivity contribution is -0.140. The Hall–Kier alpha value is -1.79. The second kappa shape index (κ2) is 5.54. The van der Waals surface area contributed by atoms with Crippen molar-refractivity contribution in [3.63, 3.8) is 0 Å².